The molecule has 1 fully saturated rings. The van der Waals surface area contributed by atoms with Crippen molar-refractivity contribution in [3.05, 3.63) is 35.9 Å². The summed E-state index contributed by atoms with van der Waals surface area (Å²) >= 11 is 0. The first-order chi connectivity index (χ1) is 10.2. The minimum atomic E-state index is -0.403. The second-order valence-electron chi connectivity index (χ2n) is 5.73. The molecule has 1 heterocycles. The van der Waals surface area contributed by atoms with Gasteiger partial charge in [-0.15, -0.1) is 0 Å². The molecule has 1 aliphatic rings. The van der Waals surface area contributed by atoms with Crippen LogP contribution in [-0.4, -0.2) is 36.1 Å². The van der Waals surface area contributed by atoms with Crippen LogP contribution in [0.4, 0.5) is 0 Å². The molecule has 21 heavy (non-hydrogen) atoms. The van der Waals surface area contributed by atoms with Crippen molar-refractivity contribution in [1.29, 1.82) is 0 Å². The Labute approximate surface area is 127 Å². The summed E-state index contributed by atoms with van der Waals surface area (Å²) in [5, 5.41) is 0. The minimum Gasteiger partial charge on any atom is -0.376 e. The van der Waals surface area contributed by atoms with Gasteiger partial charge in [-0.25, -0.2) is 0 Å². The van der Waals surface area contributed by atoms with Crippen LogP contribution in [0.3, 0.4) is 0 Å². The first-order valence-electron chi connectivity index (χ1n) is 7.90. The number of hydrogen-bond acceptors (Lipinski definition) is 3. The standard InChI is InChI=1S/C17H26N2O2/c1-2-7-16(18)17(20)19(13-15-10-6-11-21-15)12-14-8-4-3-5-9-14/h3-5,8-9,15-16H,2,6-7,10-13,18H2,1H3. The SMILES string of the molecule is CCCC(N)C(=O)N(Cc1ccccc1)CC1CCCO1. The second kappa shape index (κ2) is 8.15. The summed E-state index contributed by atoms with van der Waals surface area (Å²) in [6, 6.07) is 9.66. The molecule has 116 valence electrons. The quantitative estimate of drug-likeness (QED) is 0.838. The Balaban J connectivity index is 2.03. The molecule has 4 heteroatoms. The van der Waals surface area contributed by atoms with Gasteiger partial charge in [-0.1, -0.05) is 43.7 Å². The number of hydrogen-bond donors (Lipinski definition) is 1. The molecule has 0 aromatic heterocycles. The first-order valence-corrected chi connectivity index (χ1v) is 7.90. The van der Waals surface area contributed by atoms with E-state index in [1.54, 1.807) is 0 Å². The van der Waals surface area contributed by atoms with E-state index in [2.05, 4.69) is 6.92 Å². The van der Waals surface area contributed by atoms with E-state index in [0.29, 0.717) is 13.1 Å². The molecule has 2 N–H and O–H groups in total. The summed E-state index contributed by atoms with van der Waals surface area (Å²) in [6.45, 7) is 4.11. The highest BCUT2D eigenvalue weighted by Gasteiger charge is 2.25. The van der Waals surface area contributed by atoms with Gasteiger partial charge in [0.15, 0.2) is 0 Å². The lowest BCUT2D eigenvalue weighted by Gasteiger charge is -2.28. The molecule has 1 saturated heterocycles. The van der Waals surface area contributed by atoms with E-state index in [9.17, 15) is 4.79 Å². The van der Waals surface area contributed by atoms with Crippen LogP contribution in [-0.2, 0) is 16.1 Å². The fourth-order valence-electron chi connectivity index (χ4n) is 2.74. The van der Waals surface area contributed by atoms with Crippen molar-refractivity contribution in [2.45, 2.75) is 51.3 Å². The number of ether oxygens (including phenoxy) is 1. The molecule has 0 spiro atoms. The number of amides is 1. The molecule has 0 radical (unpaired) electrons. The molecule has 0 bridgehead atoms. The third-order valence-corrected chi connectivity index (χ3v) is 3.89. The smallest absolute Gasteiger partial charge is 0.239 e. The van der Waals surface area contributed by atoms with Crippen molar-refractivity contribution < 1.29 is 9.53 Å². The molecule has 0 saturated carbocycles. The van der Waals surface area contributed by atoms with Crippen molar-refractivity contribution in [3.63, 3.8) is 0 Å². The van der Waals surface area contributed by atoms with Crippen LogP contribution in [0.15, 0.2) is 30.3 Å². The van der Waals surface area contributed by atoms with E-state index >= 15 is 0 Å². The van der Waals surface area contributed by atoms with Gasteiger partial charge in [-0.2, -0.15) is 0 Å². The van der Waals surface area contributed by atoms with Crippen LogP contribution in [0.5, 0.6) is 0 Å². The van der Waals surface area contributed by atoms with Gasteiger partial charge < -0.3 is 15.4 Å². The monoisotopic (exact) mass is 290 g/mol. The molecule has 2 atom stereocenters. The molecule has 2 unspecified atom stereocenters. The van der Waals surface area contributed by atoms with E-state index in [1.165, 1.54) is 0 Å². The van der Waals surface area contributed by atoms with E-state index in [0.717, 1.165) is 37.9 Å². The number of nitrogens with zero attached hydrogens (tertiary/aromatic N) is 1. The summed E-state index contributed by atoms with van der Waals surface area (Å²) < 4.78 is 5.68. The molecule has 1 aliphatic heterocycles. The highest BCUT2D eigenvalue weighted by molar-refractivity contribution is 5.81. The van der Waals surface area contributed by atoms with Gasteiger partial charge in [-0.05, 0) is 24.8 Å². The molecule has 2 rings (SSSR count). The fourth-order valence-corrected chi connectivity index (χ4v) is 2.74. The highest BCUT2D eigenvalue weighted by atomic mass is 16.5. The number of benzene rings is 1. The maximum atomic E-state index is 12.6. The molecule has 1 aromatic rings. The summed E-state index contributed by atoms with van der Waals surface area (Å²) in [5.41, 5.74) is 7.16. The summed E-state index contributed by atoms with van der Waals surface area (Å²) in [5.74, 6) is 0.0382. The van der Waals surface area contributed by atoms with Crippen molar-refractivity contribution in [3.8, 4) is 0 Å². The Morgan fingerprint density at radius 3 is 2.81 bits per heavy atom. The van der Waals surface area contributed by atoms with Gasteiger partial charge in [-0.3, -0.25) is 4.79 Å². The lowest BCUT2D eigenvalue weighted by Crippen LogP contribution is -2.46. The van der Waals surface area contributed by atoms with Crippen molar-refractivity contribution >= 4 is 5.91 Å². The molecule has 4 nitrogen and oxygen atoms in total. The van der Waals surface area contributed by atoms with Crippen LogP contribution in [0, 0.1) is 0 Å². The number of nitrogens with two attached hydrogens (primary N) is 1. The zero-order chi connectivity index (χ0) is 15.1. The maximum absolute atomic E-state index is 12.6. The molecular formula is C17H26N2O2. The Bertz CT molecular complexity index is 430. The molecular weight excluding hydrogens is 264 g/mol. The van der Waals surface area contributed by atoms with Gasteiger partial charge in [0.05, 0.1) is 12.1 Å². The van der Waals surface area contributed by atoms with E-state index in [1.807, 2.05) is 35.2 Å². The van der Waals surface area contributed by atoms with Gasteiger partial charge in [0, 0.05) is 19.7 Å². The molecule has 1 aromatic carbocycles. The van der Waals surface area contributed by atoms with Crippen LogP contribution >= 0.6 is 0 Å². The normalized spacial score (nSPS) is 19.4. The fraction of sp³-hybridized carbons (Fsp3) is 0.588. The van der Waals surface area contributed by atoms with Crippen molar-refractivity contribution in [2.75, 3.05) is 13.2 Å². The summed E-state index contributed by atoms with van der Waals surface area (Å²) in [7, 11) is 0. The maximum Gasteiger partial charge on any atom is 0.239 e. The van der Waals surface area contributed by atoms with Crippen molar-refractivity contribution in [2.24, 2.45) is 5.73 Å². The highest BCUT2D eigenvalue weighted by Crippen LogP contribution is 2.16. The van der Waals surface area contributed by atoms with Gasteiger partial charge in [0.1, 0.15) is 0 Å². The van der Waals surface area contributed by atoms with Crippen LogP contribution in [0.2, 0.25) is 0 Å². The topological polar surface area (TPSA) is 55.6 Å². The lowest BCUT2D eigenvalue weighted by atomic mass is 10.1. The number of carbonyl (C=O) groups excluding carboxylic acids is 1. The zero-order valence-corrected chi connectivity index (χ0v) is 12.8. The predicted molar refractivity (Wildman–Crippen MR) is 83.7 cm³/mol. The first kappa shape index (κ1) is 16.0. The van der Waals surface area contributed by atoms with Gasteiger partial charge in [0.25, 0.3) is 0 Å². The van der Waals surface area contributed by atoms with Crippen LogP contribution < -0.4 is 5.73 Å². The van der Waals surface area contributed by atoms with Gasteiger partial charge in [0.2, 0.25) is 5.91 Å². The van der Waals surface area contributed by atoms with Crippen LogP contribution in [0.25, 0.3) is 0 Å². The zero-order valence-electron chi connectivity index (χ0n) is 12.8. The average Bonchev–Trinajstić information content (AvgIpc) is 3.00. The number of carbonyl (C=O) groups is 1. The summed E-state index contributed by atoms with van der Waals surface area (Å²) in [6.07, 6.45) is 3.92. The Morgan fingerprint density at radius 1 is 1.43 bits per heavy atom. The largest absolute Gasteiger partial charge is 0.376 e. The molecule has 0 aliphatic carbocycles. The molecule has 1 amide bonds. The van der Waals surface area contributed by atoms with E-state index in [-0.39, 0.29) is 12.0 Å². The van der Waals surface area contributed by atoms with E-state index in [4.69, 9.17) is 10.5 Å². The van der Waals surface area contributed by atoms with Crippen molar-refractivity contribution in [1.82, 2.24) is 4.90 Å². The van der Waals surface area contributed by atoms with Crippen LogP contribution in [0.1, 0.15) is 38.2 Å². The van der Waals surface area contributed by atoms with Gasteiger partial charge >= 0.3 is 0 Å². The lowest BCUT2D eigenvalue weighted by molar-refractivity contribution is -0.135. The Kier molecular flexibility index (Phi) is 6.21. The van der Waals surface area contributed by atoms with E-state index < -0.39 is 6.04 Å². The average molecular weight is 290 g/mol. The Morgan fingerprint density at radius 2 is 2.19 bits per heavy atom. The predicted octanol–water partition coefficient (Wildman–Crippen LogP) is 2.32. The third kappa shape index (κ3) is 4.83. The third-order valence-electron chi connectivity index (χ3n) is 3.89. The second-order valence-corrected chi connectivity index (χ2v) is 5.73. The minimum absolute atomic E-state index is 0.0382. The Hall–Kier alpha value is -1.39. The summed E-state index contributed by atoms with van der Waals surface area (Å²) in [4.78, 5) is 14.4. The number of rotatable bonds is 7.